The van der Waals surface area contributed by atoms with Gasteiger partial charge in [0, 0.05) is 23.9 Å². The van der Waals surface area contributed by atoms with E-state index in [2.05, 4.69) is 76.6 Å². The number of aryl methyl sites for hydroxylation is 1. The number of benzene rings is 2. The molecule has 4 aromatic rings. The number of hydrogen-bond acceptors (Lipinski definition) is 2. The second kappa shape index (κ2) is 5.78. The van der Waals surface area contributed by atoms with Gasteiger partial charge in [-0.15, -0.1) is 0 Å². The van der Waals surface area contributed by atoms with Gasteiger partial charge in [0.2, 0.25) is 0 Å². The van der Waals surface area contributed by atoms with E-state index in [0.717, 1.165) is 25.1 Å². The Bertz CT molecular complexity index is 1010. The standard InChI is InChI=1S/C22H18N2O/c1-3-7-16(8-4-1)14-24-15-20-19(12-11-18-13-23-25-22(18)20)21(24)17-9-5-2-6-10-17/h1-10,13,15H,11-12,14H2. The van der Waals surface area contributed by atoms with Crippen molar-refractivity contribution >= 4 is 0 Å². The molecule has 2 heterocycles. The fraction of sp³-hybridized carbons (Fsp3) is 0.136. The largest absolute Gasteiger partial charge is 0.356 e. The number of rotatable bonds is 3. The van der Waals surface area contributed by atoms with Gasteiger partial charge < -0.3 is 9.09 Å². The van der Waals surface area contributed by atoms with Crippen molar-refractivity contribution in [3.63, 3.8) is 0 Å². The molecule has 0 unspecified atom stereocenters. The molecule has 0 saturated heterocycles. The number of aromatic nitrogens is 2. The maximum absolute atomic E-state index is 5.57. The SMILES string of the molecule is c1ccc(Cn2cc3c(c2-c2ccccc2)CCc2cnoc2-3)cc1. The Labute approximate surface area is 146 Å². The Morgan fingerprint density at radius 1 is 0.920 bits per heavy atom. The van der Waals surface area contributed by atoms with Gasteiger partial charge in [0.25, 0.3) is 0 Å². The van der Waals surface area contributed by atoms with Crippen molar-refractivity contribution in [2.24, 2.45) is 0 Å². The van der Waals surface area contributed by atoms with Crippen LogP contribution < -0.4 is 0 Å². The van der Waals surface area contributed by atoms with Gasteiger partial charge in [-0.25, -0.2) is 0 Å². The van der Waals surface area contributed by atoms with Gasteiger partial charge in [-0.2, -0.15) is 0 Å². The van der Waals surface area contributed by atoms with Gasteiger partial charge in [-0.3, -0.25) is 0 Å². The predicted molar refractivity (Wildman–Crippen MR) is 98.3 cm³/mol. The van der Waals surface area contributed by atoms with Crippen molar-refractivity contribution in [2.45, 2.75) is 19.4 Å². The Balaban J connectivity index is 1.70. The highest BCUT2D eigenvalue weighted by Crippen LogP contribution is 2.40. The van der Waals surface area contributed by atoms with Gasteiger partial charge in [0.1, 0.15) is 0 Å². The molecule has 3 heteroatoms. The summed E-state index contributed by atoms with van der Waals surface area (Å²) < 4.78 is 7.93. The number of nitrogens with zero attached hydrogens (tertiary/aromatic N) is 2. The number of fused-ring (bicyclic) bond motifs is 3. The van der Waals surface area contributed by atoms with Crippen LogP contribution in [0.25, 0.3) is 22.6 Å². The summed E-state index contributed by atoms with van der Waals surface area (Å²) in [6.07, 6.45) is 6.10. The van der Waals surface area contributed by atoms with E-state index in [1.54, 1.807) is 0 Å². The van der Waals surface area contributed by atoms with Crippen LogP contribution >= 0.6 is 0 Å². The first-order valence-electron chi connectivity index (χ1n) is 8.65. The van der Waals surface area contributed by atoms with Crippen molar-refractivity contribution in [3.8, 4) is 22.6 Å². The molecule has 0 spiro atoms. The summed E-state index contributed by atoms with van der Waals surface area (Å²) in [5.74, 6) is 0.935. The molecule has 0 radical (unpaired) electrons. The second-order valence-electron chi connectivity index (χ2n) is 6.53. The molecule has 0 amide bonds. The van der Waals surface area contributed by atoms with Crippen LogP contribution in [0.4, 0.5) is 0 Å². The monoisotopic (exact) mass is 326 g/mol. The lowest BCUT2D eigenvalue weighted by Gasteiger charge is -2.14. The third-order valence-electron chi connectivity index (χ3n) is 4.96. The molecule has 0 atom stereocenters. The molecule has 1 aliphatic rings. The first-order valence-corrected chi connectivity index (χ1v) is 8.65. The van der Waals surface area contributed by atoms with E-state index in [1.165, 1.54) is 33.5 Å². The lowest BCUT2D eigenvalue weighted by atomic mass is 9.91. The van der Waals surface area contributed by atoms with Gasteiger partial charge in [-0.05, 0) is 29.5 Å². The van der Waals surface area contributed by atoms with Crippen LogP contribution in [-0.2, 0) is 19.4 Å². The maximum atomic E-state index is 5.57. The van der Waals surface area contributed by atoms with E-state index in [4.69, 9.17) is 4.52 Å². The van der Waals surface area contributed by atoms with Crippen LogP contribution in [0.15, 0.2) is 77.6 Å². The zero-order valence-corrected chi connectivity index (χ0v) is 13.9. The first-order chi connectivity index (χ1) is 12.4. The normalized spacial score (nSPS) is 12.6. The summed E-state index contributed by atoms with van der Waals surface area (Å²) in [5, 5.41) is 4.01. The van der Waals surface area contributed by atoms with Crippen LogP contribution in [0.3, 0.4) is 0 Å². The number of hydrogen-bond donors (Lipinski definition) is 0. The van der Waals surface area contributed by atoms with Gasteiger partial charge >= 0.3 is 0 Å². The van der Waals surface area contributed by atoms with Crippen molar-refractivity contribution in [2.75, 3.05) is 0 Å². The van der Waals surface area contributed by atoms with Crippen molar-refractivity contribution in [3.05, 3.63) is 89.7 Å². The fourth-order valence-corrected chi connectivity index (χ4v) is 3.81. The van der Waals surface area contributed by atoms with Gasteiger partial charge in [0.05, 0.1) is 11.9 Å². The highest BCUT2D eigenvalue weighted by atomic mass is 16.5. The molecular formula is C22H18N2O. The third-order valence-corrected chi connectivity index (χ3v) is 4.96. The molecule has 1 aliphatic carbocycles. The Morgan fingerprint density at radius 3 is 2.48 bits per heavy atom. The Hall–Kier alpha value is -3.07. The third kappa shape index (κ3) is 2.40. The highest BCUT2D eigenvalue weighted by molar-refractivity contribution is 5.78. The van der Waals surface area contributed by atoms with E-state index >= 15 is 0 Å². The van der Waals surface area contributed by atoms with Crippen LogP contribution in [0.5, 0.6) is 0 Å². The van der Waals surface area contributed by atoms with Crippen LogP contribution in [0.2, 0.25) is 0 Å². The summed E-state index contributed by atoms with van der Waals surface area (Å²) in [6.45, 7) is 0.849. The topological polar surface area (TPSA) is 31.0 Å². The van der Waals surface area contributed by atoms with Crippen LogP contribution in [0.1, 0.15) is 16.7 Å². The molecular weight excluding hydrogens is 308 g/mol. The average Bonchev–Trinajstić information content (AvgIpc) is 3.27. The van der Waals surface area contributed by atoms with E-state index in [0.29, 0.717) is 0 Å². The van der Waals surface area contributed by atoms with Crippen molar-refractivity contribution in [1.29, 1.82) is 0 Å². The molecule has 0 bridgehead atoms. The van der Waals surface area contributed by atoms with Crippen LogP contribution in [-0.4, -0.2) is 9.72 Å². The minimum atomic E-state index is 0.849. The maximum Gasteiger partial charge on any atom is 0.171 e. The lowest BCUT2D eigenvalue weighted by molar-refractivity contribution is 0.430. The minimum Gasteiger partial charge on any atom is -0.356 e. The van der Waals surface area contributed by atoms with E-state index in [9.17, 15) is 0 Å². The summed E-state index contributed by atoms with van der Waals surface area (Å²) in [4.78, 5) is 0. The summed E-state index contributed by atoms with van der Waals surface area (Å²) in [7, 11) is 0. The summed E-state index contributed by atoms with van der Waals surface area (Å²) >= 11 is 0. The zero-order chi connectivity index (χ0) is 16.6. The zero-order valence-electron chi connectivity index (χ0n) is 13.9. The smallest absolute Gasteiger partial charge is 0.171 e. The molecule has 122 valence electrons. The van der Waals surface area contributed by atoms with E-state index in [-0.39, 0.29) is 0 Å². The van der Waals surface area contributed by atoms with E-state index < -0.39 is 0 Å². The second-order valence-corrected chi connectivity index (χ2v) is 6.53. The Morgan fingerprint density at radius 2 is 1.68 bits per heavy atom. The molecule has 0 N–H and O–H groups in total. The molecule has 5 rings (SSSR count). The summed E-state index contributed by atoms with van der Waals surface area (Å²) in [6, 6.07) is 21.2. The lowest BCUT2D eigenvalue weighted by Crippen LogP contribution is -2.03. The Kier molecular flexibility index (Phi) is 3.30. The predicted octanol–water partition coefficient (Wildman–Crippen LogP) is 4.96. The molecule has 2 aromatic heterocycles. The van der Waals surface area contributed by atoms with Gasteiger partial charge in [0.15, 0.2) is 5.76 Å². The molecule has 0 fully saturated rings. The first kappa shape index (κ1) is 14.3. The molecule has 0 aliphatic heterocycles. The average molecular weight is 326 g/mol. The molecule has 25 heavy (non-hydrogen) atoms. The molecule has 2 aromatic carbocycles. The fourth-order valence-electron chi connectivity index (χ4n) is 3.81. The summed E-state index contributed by atoms with van der Waals surface area (Å²) in [5.41, 5.74) is 7.61. The molecule has 3 nitrogen and oxygen atoms in total. The molecule has 0 saturated carbocycles. The van der Waals surface area contributed by atoms with Crippen molar-refractivity contribution in [1.82, 2.24) is 9.72 Å². The highest BCUT2D eigenvalue weighted by Gasteiger charge is 2.26. The van der Waals surface area contributed by atoms with Gasteiger partial charge in [-0.1, -0.05) is 65.8 Å². The van der Waals surface area contributed by atoms with Crippen LogP contribution in [0, 0.1) is 0 Å². The quantitative estimate of drug-likeness (QED) is 0.533. The van der Waals surface area contributed by atoms with E-state index in [1.807, 2.05) is 6.20 Å². The minimum absolute atomic E-state index is 0.849. The van der Waals surface area contributed by atoms with Crippen molar-refractivity contribution < 1.29 is 4.52 Å².